The van der Waals surface area contributed by atoms with E-state index in [1.54, 1.807) is 0 Å². The molecular weight excluding hydrogens is 449 g/mol. The number of ether oxygens (including phenoxy) is 4. The molecule has 0 amide bonds. The maximum Gasteiger partial charge on any atom is 0.416 e. The number of hydrogen-bond acceptors (Lipinski definition) is 8. The molecule has 0 atom stereocenters. The highest BCUT2D eigenvalue weighted by atomic mass is 19.4. The SMILES string of the molecule is COC(=O)C(C)(C/C(=C/c1ccc(C(F)(F)F)cc1)C(C)(C(=O)OC)C(=O)OC)C(=O)OC. The molecule has 1 aromatic carbocycles. The highest BCUT2D eigenvalue weighted by Crippen LogP contribution is 2.41. The maximum absolute atomic E-state index is 12.9. The van der Waals surface area contributed by atoms with Gasteiger partial charge in [0, 0.05) is 0 Å². The molecule has 0 N–H and O–H groups in total. The zero-order valence-corrected chi connectivity index (χ0v) is 19.0. The molecule has 1 aromatic rings. The first-order valence-corrected chi connectivity index (χ1v) is 9.44. The standard InChI is InChI=1S/C22H25F3O8/c1-20(16(26)30-3,17(27)31-4)12-15(21(2,18(28)32-5)19(29)33-6)11-13-7-9-14(10-8-13)22(23,24)25/h7-11H,12H2,1-6H3/b15-11-. The number of hydrogen-bond donors (Lipinski definition) is 0. The molecule has 0 unspecified atom stereocenters. The Balaban J connectivity index is 3.81. The monoisotopic (exact) mass is 474 g/mol. The molecule has 182 valence electrons. The van der Waals surface area contributed by atoms with Crippen LogP contribution in [0.4, 0.5) is 13.2 Å². The lowest BCUT2D eigenvalue weighted by atomic mass is 9.72. The normalized spacial score (nSPS) is 12.6. The summed E-state index contributed by atoms with van der Waals surface area (Å²) in [5, 5.41) is 0. The zero-order valence-electron chi connectivity index (χ0n) is 19.0. The quantitative estimate of drug-likeness (QED) is 0.321. The minimum Gasteiger partial charge on any atom is -0.468 e. The van der Waals surface area contributed by atoms with Crippen molar-refractivity contribution in [3.63, 3.8) is 0 Å². The first-order chi connectivity index (χ1) is 15.2. The fourth-order valence-electron chi connectivity index (χ4n) is 3.15. The van der Waals surface area contributed by atoms with Crippen molar-refractivity contribution >= 4 is 30.0 Å². The minimum absolute atomic E-state index is 0.147. The predicted octanol–water partition coefficient (Wildman–Crippen LogP) is 3.18. The van der Waals surface area contributed by atoms with Crippen molar-refractivity contribution in [2.75, 3.05) is 28.4 Å². The molecule has 0 radical (unpaired) electrons. The lowest BCUT2D eigenvalue weighted by Gasteiger charge is -2.32. The van der Waals surface area contributed by atoms with E-state index in [9.17, 15) is 32.3 Å². The topological polar surface area (TPSA) is 105 Å². The Hall–Kier alpha value is -3.37. The largest absolute Gasteiger partial charge is 0.468 e. The summed E-state index contributed by atoms with van der Waals surface area (Å²) >= 11 is 0. The van der Waals surface area contributed by atoms with Crippen LogP contribution in [0.15, 0.2) is 29.8 Å². The van der Waals surface area contributed by atoms with Crippen molar-refractivity contribution in [2.45, 2.75) is 26.4 Å². The highest BCUT2D eigenvalue weighted by molar-refractivity contribution is 6.05. The van der Waals surface area contributed by atoms with Crippen molar-refractivity contribution in [3.05, 3.63) is 41.0 Å². The number of carbonyl (C=O) groups is 4. The molecule has 0 fully saturated rings. The van der Waals surface area contributed by atoms with Gasteiger partial charge in [0.1, 0.15) is 0 Å². The molecule has 0 spiro atoms. The van der Waals surface area contributed by atoms with Crippen LogP contribution in [-0.4, -0.2) is 52.3 Å². The minimum atomic E-state index is -4.58. The van der Waals surface area contributed by atoms with Gasteiger partial charge in [-0.2, -0.15) is 13.2 Å². The summed E-state index contributed by atoms with van der Waals surface area (Å²) in [6.45, 7) is 2.33. The van der Waals surface area contributed by atoms with E-state index >= 15 is 0 Å². The number of esters is 4. The molecule has 0 aliphatic heterocycles. The van der Waals surface area contributed by atoms with Gasteiger partial charge in [0.05, 0.1) is 34.0 Å². The molecule has 0 aliphatic carbocycles. The van der Waals surface area contributed by atoms with Crippen molar-refractivity contribution in [1.29, 1.82) is 0 Å². The van der Waals surface area contributed by atoms with Gasteiger partial charge in [-0.1, -0.05) is 18.2 Å². The summed E-state index contributed by atoms with van der Waals surface area (Å²) in [6, 6.07) is 3.81. The van der Waals surface area contributed by atoms with Crippen molar-refractivity contribution in [3.8, 4) is 0 Å². The number of methoxy groups -OCH3 is 4. The average Bonchev–Trinajstić information content (AvgIpc) is 2.80. The number of rotatable bonds is 8. The number of halogens is 3. The van der Waals surface area contributed by atoms with E-state index in [2.05, 4.69) is 0 Å². The third-order valence-electron chi connectivity index (χ3n) is 5.22. The average molecular weight is 474 g/mol. The number of alkyl halides is 3. The third kappa shape index (κ3) is 5.71. The van der Waals surface area contributed by atoms with Gasteiger partial charge in [-0.15, -0.1) is 0 Å². The van der Waals surface area contributed by atoms with E-state index in [0.717, 1.165) is 59.6 Å². The van der Waals surface area contributed by atoms with Crippen molar-refractivity contribution in [1.82, 2.24) is 0 Å². The van der Waals surface area contributed by atoms with Crippen molar-refractivity contribution < 1.29 is 51.3 Å². The molecule has 1 rings (SSSR count). The Morgan fingerprint density at radius 1 is 0.758 bits per heavy atom. The van der Waals surface area contributed by atoms with Crippen LogP contribution in [0.1, 0.15) is 31.4 Å². The van der Waals surface area contributed by atoms with E-state index in [0.29, 0.717) is 0 Å². The lowest BCUT2D eigenvalue weighted by Crippen LogP contribution is -2.45. The zero-order chi connectivity index (χ0) is 25.6. The van der Waals surface area contributed by atoms with E-state index in [-0.39, 0.29) is 11.1 Å². The van der Waals surface area contributed by atoms with Gasteiger partial charge in [0.25, 0.3) is 0 Å². The van der Waals surface area contributed by atoms with E-state index in [4.69, 9.17) is 18.9 Å². The molecular formula is C22H25F3O8. The molecule has 0 aliphatic rings. The first kappa shape index (κ1) is 27.7. The Morgan fingerprint density at radius 3 is 1.48 bits per heavy atom. The van der Waals surface area contributed by atoms with Crippen molar-refractivity contribution in [2.24, 2.45) is 10.8 Å². The van der Waals surface area contributed by atoms with Gasteiger partial charge >= 0.3 is 30.1 Å². The molecule has 0 saturated heterocycles. The molecule has 0 saturated carbocycles. The second-order valence-electron chi connectivity index (χ2n) is 7.39. The van der Waals surface area contributed by atoms with E-state index in [1.807, 2.05) is 0 Å². The Bertz CT molecular complexity index is 900. The summed E-state index contributed by atoms with van der Waals surface area (Å²) in [6.07, 6.45) is -3.95. The molecule has 33 heavy (non-hydrogen) atoms. The van der Waals surface area contributed by atoms with E-state index < -0.39 is 52.9 Å². The second kappa shape index (κ2) is 10.5. The fourth-order valence-corrected chi connectivity index (χ4v) is 3.15. The summed E-state index contributed by atoms with van der Waals surface area (Å²) in [5.41, 5.74) is -5.09. The van der Waals surface area contributed by atoms with Crippen LogP contribution in [-0.2, 0) is 44.3 Å². The van der Waals surface area contributed by atoms with Gasteiger partial charge in [-0.3, -0.25) is 19.2 Å². The van der Waals surface area contributed by atoms with Crippen LogP contribution in [0, 0.1) is 10.8 Å². The van der Waals surface area contributed by atoms with Gasteiger partial charge in [-0.25, -0.2) is 0 Å². The van der Waals surface area contributed by atoms with Crippen LogP contribution in [0.25, 0.3) is 6.08 Å². The summed E-state index contributed by atoms with van der Waals surface area (Å²) in [5.74, 6) is -4.20. The molecule has 0 heterocycles. The van der Waals surface area contributed by atoms with Crippen LogP contribution in [0.2, 0.25) is 0 Å². The third-order valence-corrected chi connectivity index (χ3v) is 5.22. The Morgan fingerprint density at radius 2 is 1.15 bits per heavy atom. The smallest absolute Gasteiger partial charge is 0.416 e. The molecule has 0 bridgehead atoms. The van der Waals surface area contributed by atoms with Gasteiger partial charge < -0.3 is 18.9 Å². The van der Waals surface area contributed by atoms with Crippen LogP contribution >= 0.6 is 0 Å². The highest BCUT2D eigenvalue weighted by Gasteiger charge is 2.53. The second-order valence-corrected chi connectivity index (χ2v) is 7.39. The summed E-state index contributed by atoms with van der Waals surface area (Å²) in [7, 11) is 4.09. The molecule has 11 heteroatoms. The van der Waals surface area contributed by atoms with Gasteiger partial charge in [0.2, 0.25) is 0 Å². The number of benzene rings is 1. The van der Waals surface area contributed by atoms with Gasteiger partial charge in [0.15, 0.2) is 10.8 Å². The lowest BCUT2D eigenvalue weighted by molar-refractivity contribution is -0.171. The molecule has 0 aromatic heterocycles. The van der Waals surface area contributed by atoms with Crippen LogP contribution in [0.3, 0.4) is 0 Å². The fraction of sp³-hybridized carbons (Fsp3) is 0.455. The Kier molecular flexibility index (Phi) is 8.80. The van der Waals surface area contributed by atoms with Crippen LogP contribution in [0.5, 0.6) is 0 Å². The molecule has 8 nitrogen and oxygen atoms in total. The van der Waals surface area contributed by atoms with Crippen LogP contribution < -0.4 is 0 Å². The maximum atomic E-state index is 12.9. The van der Waals surface area contributed by atoms with Gasteiger partial charge in [-0.05, 0) is 43.5 Å². The predicted molar refractivity (Wildman–Crippen MR) is 108 cm³/mol. The Labute approximate surface area is 188 Å². The first-order valence-electron chi connectivity index (χ1n) is 9.44. The summed E-state index contributed by atoms with van der Waals surface area (Å²) in [4.78, 5) is 50.3. The summed E-state index contributed by atoms with van der Waals surface area (Å²) < 4.78 is 57.6. The van der Waals surface area contributed by atoms with E-state index in [1.165, 1.54) is 13.0 Å². The number of carbonyl (C=O) groups excluding carboxylic acids is 4.